The van der Waals surface area contributed by atoms with Gasteiger partial charge in [0.25, 0.3) is 0 Å². The average Bonchev–Trinajstić information content (AvgIpc) is 3.13. The third kappa shape index (κ3) is 4.06. The number of piperidine rings is 1. The molecule has 2 aliphatic rings. The normalized spacial score (nSPS) is 22.9. The highest BCUT2D eigenvalue weighted by atomic mass is 15.2. The van der Waals surface area contributed by atoms with Gasteiger partial charge in [-0.2, -0.15) is 0 Å². The Morgan fingerprint density at radius 3 is 2.44 bits per heavy atom. The summed E-state index contributed by atoms with van der Waals surface area (Å²) in [6.45, 7) is 7.51. The van der Waals surface area contributed by atoms with Crippen LogP contribution in [0.1, 0.15) is 51.9 Å². The molecule has 1 aliphatic carbocycles. The van der Waals surface area contributed by atoms with Crippen molar-refractivity contribution in [3.8, 4) is 0 Å². The Bertz CT molecular complexity index is 183. The summed E-state index contributed by atoms with van der Waals surface area (Å²) in [6.07, 6.45) is 9.98. The summed E-state index contributed by atoms with van der Waals surface area (Å²) in [4.78, 5) is 2.74. The first kappa shape index (κ1) is 12.4. The molecule has 2 nitrogen and oxygen atoms in total. The smallest absolute Gasteiger partial charge is 0.00964 e. The fourth-order valence-corrected chi connectivity index (χ4v) is 2.96. The predicted octanol–water partition coefficient (Wildman–Crippen LogP) is 2.64. The summed E-state index contributed by atoms with van der Waals surface area (Å²) < 4.78 is 0. The second-order valence-corrected chi connectivity index (χ2v) is 5.60. The monoisotopic (exact) mass is 224 g/mol. The zero-order chi connectivity index (χ0) is 11.2. The van der Waals surface area contributed by atoms with E-state index in [2.05, 4.69) is 17.1 Å². The number of nitrogens with one attached hydrogen (secondary N) is 1. The van der Waals surface area contributed by atoms with Crippen LogP contribution in [0.15, 0.2) is 0 Å². The lowest BCUT2D eigenvalue weighted by Gasteiger charge is -2.25. The average molecular weight is 224 g/mol. The van der Waals surface area contributed by atoms with Crippen LogP contribution in [0, 0.1) is 5.92 Å². The molecule has 0 amide bonds. The third-order valence-electron chi connectivity index (χ3n) is 4.09. The standard InChI is InChI=1S/C14H28N2/c1-2-11-16(14-5-6-14)12-3-4-13-7-9-15-10-8-13/h13-15H,2-12H2,1H3. The number of rotatable bonds is 7. The summed E-state index contributed by atoms with van der Waals surface area (Å²) in [5, 5.41) is 3.45. The van der Waals surface area contributed by atoms with Crippen molar-refractivity contribution in [1.82, 2.24) is 10.2 Å². The van der Waals surface area contributed by atoms with E-state index in [1.54, 1.807) is 0 Å². The minimum atomic E-state index is 0.966. The molecule has 1 saturated carbocycles. The molecule has 0 atom stereocenters. The second-order valence-electron chi connectivity index (χ2n) is 5.60. The van der Waals surface area contributed by atoms with Crippen LogP contribution in [0.25, 0.3) is 0 Å². The van der Waals surface area contributed by atoms with Crippen molar-refractivity contribution in [2.75, 3.05) is 26.2 Å². The molecule has 1 N–H and O–H groups in total. The van der Waals surface area contributed by atoms with Gasteiger partial charge in [0.05, 0.1) is 0 Å². The third-order valence-corrected chi connectivity index (χ3v) is 4.09. The Hall–Kier alpha value is -0.0800. The van der Waals surface area contributed by atoms with Gasteiger partial charge in [-0.25, -0.2) is 0 Å². The summed E-state index contributed by atoms with van der Waals surface area (Å²) >= 11 is 0. The second kappa shape index (κ2) is 6.61. The van der Waals surface area contributed by atoms with E-state index in [4.69, 9.17) is 0 Å². The van der Waals surface area contributed by atoms with Gasteiger partial charge in [-0.1, -0.05) is 6.92 Å². The molecule has 2 heteroatoms. The number of hydrogen-bond donors (Lipinski definition) is 1. The highest BCUT2D eigenvalue weighted by Gasteiger charge is 2.27. The zero-order valence-electron chi connectivity index (χ0n) is 10.9. The molecular weight excluding hydrogens is 196 g/mol. The van der Waals surface area contributed by atoms with Crippen molar-refractivity contribution >= 4 is 0 Å². The quantitative estimate of drug-likeness (QED) is 0.715. The van der Waals surface area contributed by atoms with Crippen LogP contribution >= 0.6 is 0 Å². The number of hydrogen-bond acceptors (Lipinski definition) is 2. The Labute approximate surface area is 101 Å². The fraction of sp³-hybridized carbons (Fsp3) is 1.00. The first-order chi connectivity index (χ1) is 7.90. The van der Waals surface area contributed by atoms with Gasteiger partial charge >= 0.3 is 0 Å². The van der Waals surface area contributed by atoms with Crippen LogP contribution in [0.3, 0.4) is 0 Å². The molecule has 1 aliphatic heterocycles. The maximum absolute atomic E-state index is 3.45. The molecule has 0 radical (unpaired) electrons. The van der Waals surface area contributed by atoms with Crippen molar-refractivity contribution < 1.29 is 0 Å². The molecule has 0 spiro atoms. The van der Waals surface area contributed by atoms with Gasteiger partial charge in [0.15, 0.2) is 0 Å². The topological polar surface area (TPSA) is 15.3 Å². The van der Waals surface area contributed by atoms with Crippen LogP contribution in [-0.2, 0) is 0 Å². The molecule has 0 unspecified atom stereocenters. The molecule has 1 heterocycles. The van der Waals surface area contributed by atoms with E-state index >= 15 is 0 Å². The maximum Gasteiger partial charge on any atom is 0.00964 e. The van der Waals surface area contributed by atoms with Crippen LogP contribution in [0.2, 0.25) is 0 Å². The van der Waals surface area contributed by atoms with Gasteiger partial charge in [0, 0.05) is 6.04 Å². The summed E-state index contributed by atoms with van der Waals surface area (Å²) in [7, 11) is 0. The SMILES string of the molecule is CCCN(CCCC1CCNCC1)C1CC1. The van der Waals surface area contributed by atoms with Crippen molar-refractivity contribution in [3.05, 3.63) is 0 Å². The van der Waals surface area contributed by atoms with Crippen LogP contribution in [-0.4, -0.2) is 37.1 Å². The Kier molecular flexibility index (Phi) is 5.11. The Morgan fingerprint density at radius 1 is 1.06 bits per heavy atom. The summed E-state index contributed by atoms with van der Waals surface area (Å²) in [5.41, 5.74) is 0. The highest BCUT2D eigenvalue weighted by Crippen LogP contribution is 2.27. The van der Waals surface area contributed by atoms with Crippen molar-refractivity contribution in [1.29, 1.82) is 0 Å². The molecule has 94 valence electrons. The van der Waals surface area contributed by atoms with E-state index in [1.165, 1.54) is 71.1 Å². The van der Waals surface area contributed by atoms with Gasteiger partial charge < -0.3 is 10.2 Å². The van der Waals surface area contributed by atoms with E-state index < -0.39 is 0 Å². The van der Waals surface area contributed by atoms with Gasteiger partial charge in [0.1, 0.15) is 0 Å². The molecule has 16 heavy (non-hydrogen) atoms. The molecule has 2 fully saturated rings. The van der Waals surface area contributed by atoms with Gasteiger partial charge in [-0.3, -0.25) is 0 Å². The molecule has 0 bridgehead atoms. The molecule has 0 aromatic rings. The lowest BCUT2D eigenvalue weighted by molar-refractivity contribution is 0.243. The number of nitrogens with zero attached hydrogens (tertiary/aromatic N) is 1. The Balaban J connectivity index is 1.57. The van der Waals surface area contributed by atoms with Crippen molar-refractivity contribution in [2.24, 2.45) is 5.92 Å². The lowest BCUT2D eigenvalue weighted by Crippen LogP contribution is -2.30. The minimum Gasteiger partial charge on any atom is -0.317 e. The van der Waals surface area contributed by atoms with Crippen molar-refractivity contribution in [3.63, 3.8) is 0 Å². The van der Waals surface area contributed by atoms with Crippen LogP contribution in [0.4, 0.5) is 0 Å². The molecule has 2 rings (SSSR count). The minimum absolute atomic E-state index is 0.966. The van der Waals surface area contributed by atoms with E-state index in [-0.39, 0.29) is 0 Å². The highest BCUT2D eigenvalue weighted by molar-refractivity contribution is 4.84. The lowest BCUT2D eigenvalue weighted by atomic mass is 9.93. The van der Waals surface area contributed by atoms with E-state index in [1.807, 2.05) is 0 Å². The van der Waals surface area contributed by atoms with Crippen molar-refractivity contribution in [2.45, 2.75) is 57.9 Å². The zero-order valence-corrected chi connectivity index (χ0v) is 10.9. The van der Waals surface area contributed by atoms with Gasteiger partial charge in [-0.15, -0.1) is 0 Å². The molecule has 1 saturated heterocycles. The first-order valence-corrected chi connectivity index (χ1v) is 7.35. The van der Waals surface area contributed by atoms with E-state index in [9.17, 15) is 0 Å². The molecule has 0 aromatic carbocycles. The largest absolute Gasteiger partial charge is 0.317 e. The summed E-state index contributed by atoms with van der Waals surface area (Å²) in [5.74, 6) is 1.02. The van der Waals surface area contributed by atoms with Gasteiger partial charge in [0.2, 0.25) is 0 Å². The van der Waals surface area contributed by atoms with Crippen LogP contribution in [0.5, 0.6) is 0 Å². The van der Waals surface area contributed by atoms with Crippen LogP contribution < -0.4 is 5.32 Å². The first-order valence-electron chi connectivity index (χ1n) is 7.35. The molecule has 0 aromatic heterocycles. The maximum atomic E-state index is 3.45. The summed E-state index contributed by atoms with van der Waals surface area (Å²) in [6, 6.07) is 0.966. The van der Waals surface area contributed by atoms with E-state index in [0.717, 1.165) is 12.0 Å². The van der Waals surface area contributed by atoms with E-state index in [0.29, 0.717) is 0 Å². The Morgan fingerprint density at radius 2 is 1.81 bits per heavy atom. The fourth-order valence-electron chi connectivity index (χ4n) is 2.96. The molecular formula is C14H28N2. The predicted molar refractivity (Wildman–Crippen MR) is 69.7 cm³/mol. The van der Waals surface area contributed by atoms with Gasteiger partial charge in [-0.05, 0) is 77.0 Å².